The third-order valence-electron chi connectivity index (χ3n) is 4.48. The summed E-state index contributed by atoms with van der Waals surface area (Å²) in [6, 6.07) is 4.36. The number of halogens is 1. The third kappa shape index (κ3) is 4.31. The van der Waals surface area contributed by atoms with E-state index in [2.05, 4.69) is 0 Å². The number of nitrogens with zero attached hydrogens (tertiary/aromatic N) is 2. The third-order valence-corrected chi connectivity index (χ3v) is 5.23. The molecule has 0 spiro atoms. The monoisotopic (exact) mass is 386 g/mol. The second-order valence-electron chi connectivity index (χ2n) is 6.35. The first-order valence-corrected chi connectivity index (χ1v) is 9.83. The Morgan fingerprint density at radius 1 is 1.23 bits per heavy atom. The number of Topliss-reactive ketones (excluding diaryl/α,β-unsaturated/α-hetero) is 1. The van der Waals surface area contributed by atoms with Crippen LogP contribution in [-0.4, -0.2) is 56.3 Å². The summed E-state index contributed by atoms with van der Waals surface area (Å²) in [5.74, 6) is -0.861. The number of benzene rings is 1. The Balaban J connectivity index is 1.69. The van der Waals surface area contributed by atoms with Gasteiger partial charge < -0.3 is 9.64 Å². The van der Waals surface area contributed by atoms with Crippen LogP contribution in [0.5, 0.6) is 0 Å². The number of cyclic esters (lactones) is 1. The van der Waals surface area contributed by atoms with Crippen molar-refractivity contribution in [3.63, 3.8) is 0 Å². The van der Waals surface area contributed by atoms with Crippen LogP contribution >= 0.6 is 0 Å². The highest BCUT2D eigenvalue weighted by molar-refractivity contribution is 7.85. The highest BCUT2D eigenvalue weighted by Crippen LogP contribution is 2.29. The lowest BCUT2D eigenvalue weighted by atomic mass is 10.1. The predicted molar refractivity (Wildman–Crippen MR) is 91.5 cm³/mol. The van der Waals surface area contributed by atoms with Gasteiger partial charge in [-0.05, 0) is 18.2 Å². The fourth-order valence-corrected chi connectivity index (χ4v) is 3.64. The second-order valence-corrected chi connectivity index (χ2v) is 7.92. The molecule has 0 aliphatic carbocycles. The van der Waals surface area contributed by atoms with Gasteiger partial charge in [-0.25, -0.2) is 9.18 Å². The Bertz CT molecular complexity index is 818. The lowest BCUT2D eigenvalue weighted by molar-refractivity contribution is -0.119. The van der Waals surface area contributed by atoms with Crippen LogP contribution in [0.4, 0.5) is 20.6 Å². The number of amides is 1. The van der Waals surface area contributed by atoms with Crippen LogP contribution in [0.2, 0.25) is 0 Å². The number of ketones is 1. The maximum absolute atomic E-state index is 14.5. The van der Waals surface area contributed by atoms with Crippen molar-refractivity contribution in [2.45, 2.75) is 25.4 Å². The van der Waals surface area contributed by atoms with Crippen molar-refractivity contribution < 1.29 is 31.7 Å². The van der Waals surface area contributed by atoms with Gasteiger partial charge in [0.2, 0.25) is 0 Å². The first kappa shape index (κ1) is 18.6. The molecule has 0 bridgehead atoms. The number of piperidine rings is 1. The molecule has 1 N–H and O–H groups in total. The summed E-state index contributed by atoms with van der Waals surface area (Å²) in [6.07, 6.45) is -0.658. The van der Waals surface area contributed by atoms with Crippen molar-refractivity contribution in [2.24, 2.45) is 0 Å². The fraction of sp³-hybridized carbons (Fsp3) is 0.500. The summed E-state index contributed by atoms with van der Waals surface area (Å²) in [7, 11) is -4.14. The van der Waals surface area contributed by atoms with Gasteiger partial charge in [0.15, 0.2) is 0 Å². The van der Waals surface area contributed by atoms with E-state index in [0.29, 0.717) is 37.3 Å². The van der Waals surface area contributed by atoms with E-state index < -0.39 is 33.9 Å². The van der Waals surface area contributed by atoms with Crippen LogP contribution in [-0.2, 0) is 19.6 Å². The maximum Gasteiger partial charge on any atom is 0.414 e. The number of ether oxygens (including phenoxy) is 1. The van der Waals surface area contributed by atoms with E-state index in [1.165, 1.54) is 11.0 Å². The van der Waals surface area contributed by atoms with Gasteiger partial charge in [0.25, 0.3) is 10.1 Å². The van der Waals surface area contributed by atoms with E-state index in [0.717, 1.165) is 0 Å². The molecule has 8 nitrogen and oxygen atoms in total. The SMILES string of the molecule is O=C1CCN(c2ccc(N3C[C@@H](CCS(=O)(=O)O)OC3=O)cc2F)CC1. The molecule has 2 fully saturated rings. The summed E-state index contributed by atoms with van der Waals surface area (Å²) < 4.78 is 49.9. The smallest absolute Gasteiger partial charge is 0.414 e. The van der Waals surface area contributed by atoms with Gasteiger partial charge in [0, 0.05) is 32.4 Å². The van der Waals surface area contributed by atoms with Gasteiger partial charge in [0.05, 0.1) is 23.7 Å². The van der Waals surface area contributed by atoms with Crippen LogP contribution in [0.15, 0.2) is 18.2 Å². The highest BCUT2D eigenvalue weighted by Gasteiger charge is 2.33. The minimum Gasteiger partial charge on any atom is -0.444 e. The molecule has 1 aromatic rings. The molecule has 0 unspecified atom stereocenters. The van der Waals surface area contributed by atoms with E-state index in [1.54, 1.807) is 17.0 Å². The van der Waals surface area contributed by atoms with Gasteiger partial charge in [-0.2, -0.15) is 8.42 Å². The number of hydrogen-bond donors (Lipinski definition) is 1. The van der Waals surface area contributed by atoms with Crippen molar-refractivity contribution in [2.75, 3.05) is 35.2 Å². The number of rotatable bonds is 5. The summed E-state index contributed by atoms with van der Waals surface area (Å²) in [4.78, 5) is 26.3. The zero-order valence-electron chi connectivity index (χ0n) is 13.9. The molecule has 2 aliphatic rings. The second kappa shape index (κ2) is 7.20. The minimum absolute atomic E-state index is 0.0382. The lowest BCUT2D eigenvalue weighted by Gasteiger charge is -2.28. The van der Waals surface area contributed by atoms with Crippen molar-refractivity contribution in [1.82, 2.24) is 0 Å². The first-order chi connectivity index (χ1) is 12.2. The Hall–Kier alpha value is -2.20. The fourth-order valence-electron chi connectivity index (χ4n) is 3.08. The van der Waals surface area contributed by atoms with Crippen LogP contribution in [0.1, 0.15) is 19.3 Å². The van der Waals surface area contributed by atoms with Crippen molar-refractivity contribution in [3.05, 3.63) is 24.0 Å². The maximum atomic E-state index is 14.5. The molecular weight excluding hydrogens is 367 g/mol. The summed E-state index contributed by atoms with van der Waals surface area (Å²) in [6.45, 7) is 0.989. The van der Waals surface area contributed by atoms with Crippen LogP contribution in [0, 0.1) is 5.82 Å². The van der Waals surface area contributed by atoms with Crippen LogP contribution in [0.25, 0.3) is 0 Å². The van der Waals surface area contributed by atoms with E-state index in [9.17, 15) is 22.4 Å². The van der Waals surface area contributed by atoms with E-state index >= 15 is 0 Å². The molecule has 0 radical (unpaired) electrons. The molecule has 1 aromatic carbocycles. The standard InChI is InChI=1S/C16H19FN2O6S/c17-14-9-11(1-2-15(14)18-6-3-12(20)4-7-18)19-10-13(25-16(19)21)5-8-26(22,23)24/h1-2,9,13H,3-8,10H2,(H,22,23,24)/t13-/m1/s1. The Morgan fingerprint density at radius 3 is 2.54 bits per heavy atom. The quantitative estimate of drug-likeness (QED) is 0.767. The van der Waals surface area contributed by atoms with E-state index in [4.69, 9.17) is 9.29 Å². The summed E-state index contributed by atoms with van der Waals surface area (Å²) >= 11 is 0. The van der Waals surface area contributed by atoms with E-state index in [1.807, 2.05) is 0 Å². The average molecular weight is 386 g/mol. The molecule has 0 aromatic heterocycles. The van der Waals surface area contributed by atoms with Gasteiger partial charge in [-0.3, -0.25) is 14.2 Å². The minimum atomic E-state index is -4.14. The Morgan fingerprint density at radius 2 is 1.92 bits per heavy atom. The largest absolute Gasteiger partial charge is 0.444 e. The topological polar surface area (TPSA) is 104 Å². The Kier molecular flexibility index (Phi) is 5.15. The zero-order valence-corrected chi connectivity index (χ0v) is 14.7. The number of anilines is 2. The lowest BCUT2D eigenvalue weighted by Crippen LogP contribution is -2.34. The molecule has 10 heteroatoms. The average Bonchev–Trinajstić information content (AvgIpc) is 2.94. The van der Waals surface area contributed by atoms with E-state index in [-0.39, 0.29) is 18.7 Å². The Labute approximate surface area is 150 Å². The van der Waals surface area contributed by atoms with Crippen LogP contribution < -0.4 is 9.80 Å². The predicted octanol–water partition coefficient (Wildman–Crippen LogP) is 1.60. The highest BCUT2D eigenvalue weighted by atomic mass is 32.2. The summed E-state index contributed by atoms with van der Waals surface area (Å²) in [5.41, 5.74) is 0.676. The van der Waals surface area contributed by atoms with Crippen molar-refractivity contribution >= 4 is 33.4 Å². The van der Waals surface area contributed by atoms with Gasteiger partial charge >= 0.3 is 6.09 Å². The molecule has 142 valence electrons. The molecular formula is C16H19FN2O6S. The van der Waals surface area contributed by atoms with Gasteiger partial charge in [0.1, 0.15) is 17.7 Å². The van der Waals surface area contributed by atoms with Crippen molar-refractivity contribution in [3.8, 4) is 0 Å². The zero-order chi connectivity index (χ0) is 18.9. The first-order valence-electron chi connectivity index (χ1n) is 8.22. The molecule has 26 heavy (non-hydrogen) atoms. The molecule has 1 atom stereocenters. The number of carbonyl (C=O) groups is 2. The molecule has 2 aliphatic heterocycles. The molecule has 2 saturated heterocycles. The molecule has 3 rings (SSSR count). The van der Waals surface area contributed by atoms with Gasteiger partial charge in [-0.1, -0.05) is 0 Å². The molecule has 2 heterocycles. The number of hydrogen-bond acceptors (Lipinski definition) is 6. The normalized spacial score (nSPS) is 21.2. The van der Waals surface area contributed by atoms with Gasteiger partial charge in [-0.15, -0.1) is 0 Å². The summed E-state index contributed by atoms with van der Waals surface area (Å²) in [5, 5.41) is 0. The van der Waals surface area contributed by atoms with Crippen molar-refractivity contribution in [1.29, 1.82) is 0 Å². The molecule has 0 saturated carbocycles. The number of carbonyl (C=O) groups excluding carboxylic acids is 2. The van der Waals surface area contributed by atoms with Crippen LogP contribution in [0.3, 0.4) is 0 Å². The molecule has 1 amide bonds.